The topological polar surface area (TPSA) is 118 Å². The molecule has 5 atom stereocenters. The Morgan fingerprint density at radius 2 is 1.89 bits per heavy atom. The maximum Gasteiger partial charge on any atom is 0.178 e. The van der Waals surface area contributed by atoms with E-state index in [9.17, 15) is 5.11 Å². The summed E-state index contributed by atoms with van der Waals surface area (Å²) >= 11 is 0. The number of nitrogen functional groups attached to an aromatic ring is 1. The minimum Gasteiger partial charge on any atom is -0.394 e. The lowest BCUT2D eigenvalue weighted by molar-refractivity contribution is -0.133. The molecule has 2 aliphatic heterocycles. The highest BCUT2D eigenvalue weighted by Crippen LogP contribution is 2.40. The van der Waals surface area contributed by atoms with Crippen LogP contribution in [-0.4, -0.2) is 55.8 Å². The molecule has 0 aliphatic carbocycles. The van der Waals surface area contributed by atoms with Gasteiger partial charge >= 0.3 is 0 Å². The van der Waals surface area contributed by atoms with Crippen LogP contribution in [0.15, 0.2) is 49.1 Å². The molecule has 2 unspecified atom stereocenters. The fraction of sp³-hybridized carbons (Fsp3) is 0.316. The highest BCUT2D eigenvalue weighted by molar-refractivity contribution is 5.81. The monoisotopic (exact) mass is 381 g/mol. The van der Waals surface area contributed by atoms with Crippen LogP contribution in [0.1, 0.15) is 11.8 Å². The molecule has 2 aliphatic rings. The van der Waals surface area contributed by atoms with Gasteiger partial charge in [-0.15, -0.1) is 0 Å². The average molecular weight is 381 g/mol. The molecule has 9 heteroatoms. The number of imidazole rings is 1. The Balaban J connectivity index is 1.42. The summed E-state index contributed by atoms with van der Waals surface area (Å²) in [5.74, 6) is 0.296. The van der Waals surface area contributed by atoms with Crippen molar-refractivity contribution in [2.45, 2.75) is 30.8 Å². The van der Waals surface area contributed by atoms with E-state index in [1.807, 2.05) is 42.5 Å². The number of aromatic nitrogens is 4. The summed E-state index contributed by atoms with van der Waals surface area (Å²) in [6.45, 7) is -0.181. The molecule has 0 bridgehead atoms. The van der Waals surface area contributed by atoms with E-state index in [0.717, 1.165) is 5.56 Å². The summed E-state index contributed by atoms with van der Waals surface area (Å²) in [6.07, 6.45) is 4.34. The van der Waals surface area contributed by atoms with Crippen molar-refractivity contribution in [1.29, 1.82) is 0 Å². The number of nitrogens with two attached hydrogens (primary N) is 1. The summed E-state index contributed by atoms with van der Waals surface area (Å²) < 4.78 is 19.8. The van der Waals surface area contributed by atoms with Crippen molar-refractivity contribution >= 4 is 23.1 Å². The van der Waals surface area contributed by atoms with Gasteiger partial charge in [-0.25, -0.2) is 15.0 Å². The molecule has 0 radical (unpaired) electrons. The van der Waals surface area contributed by atoms with Gasteiger partial charge in [-0.2, -0.15) is 0 Å². The average Bonchev–Trinajstić information content (AvgIpc) is 3.41. The molecule has 1 aromatic carbocycles. The second-order valence-corrected chi connectivity index (χ2v) is 6.67. The number of anilines is 1. The zero-order chi connectivity index (χ0) is 19.1. The van der Waals surface area contributed by atoms with Gasteiger partial charge in [0.25, 0.3) is 0 Å². The lowest BCUT2D eigenvalue weighted by Gasteiger charge is -2.19. The maximum atomic E-state index is 9.73. The van der Waals surface area contributed by atoms with Crippen LogP contribution in [0.5, 0.6) is 0 Å². The van der Waals surface area contributed by atoms with Gasteiger partial charge in [-0.1, -0.05) is 36.4 Å². The molecule has 2 saturated heterocycles. The molecule has 0 saturated carbocycles. The maximum absolute atomic E-state index is 9.73. The van der Waals surface area contributed by atoms with E-state index >= 15 is 0 Å². The number of rotatable bonds is 4. The van der Waals surface area contributed by atoms with E-state index in [1.165, 1.54) is 6.33 Å². The molecule has 144 valence electrons. The summed E-state index contributed by atoms with van der Waals surface area (Å²) in [6, 6.07) is 9.89. The van der Waals surface area contributed by atoms with Crippen LogP contribution in [0.25, 0.3) is 17.2 Å². The van der Waals surface area contributed by atoms with E-state index < -0.39 is 30.8 Å². The van der Waals surface area contributed by atoms with Crippen LogP contribution in [0.4, 0.5) is 5.82 Å². The predicted molar refractivity (Wildman–Crippen MR) is 99.7 cm³/mol. The Labute approximate surface area is 160 Å². The van der Waals surface area contributed by atoms with Crippen molar-refractivity contribution in [2.75, 3.05) is 12.3 Å². The van der Waals surface area contributed by atoms with E-state index in [4.69, 9.17) is 19.9 Å². The molecule has 9 nitrogen and oxygen atoms in total. The van der Waals surface area contributed by atoms with Crippen molar-refractivity contribution in [3.63, 3.8) is 0 Å². The second-order valence-electron chi connectivity index (χ2n) is 6.67. The summed E-state index contributed by atoms with van der Waals surface area (Å²) in [5, 5.41) is 9.73. The second kappa shape index (κ2) is 6.95. The van der Waals surface area contributed by atoms with Gasteiger partial charge in [0.2, 0.25) is 0 Å². The Hall–Kier alpha value is -2.85. The van der Waals surface area contributed by atoms with Crippen LogP contribution in [-0.2, 0) is 14.2 Å². The third-order valence-corrected chi connectivity index (χ3v) is 4.95. The molecule has 28 heavy (non-hydrogen) atoms. The van der Waals surface area contributed by atoms with E-state index in [-0.39, 0.29) is 6.61 Å². The molecule has 0 spiro atoms. The SMILES string of the molecule is Nc1ncnc2c1ncn2[C@@H]1O[C@H](CO)[C@@H]2OC(/C=C/c3ccccc3)OC21. The van der Waals surface area contributed by atoms with Crippen LogP contribution in [0, 0.1) is 0 Å². The summed E-state index contributed by atoms with van der Waals surface area (Å²) in [4.78, 5) is 12.5. The highest BCUT2D eigenvalue weighted by atomic mass is 16.8. The lowest BCUT2D eigenvalue weighted by atomic mass is 10.1. The van der Waals surface area contributed by atoms with Gasteiger partial charge in [-0.05, 0) is 11.6 Å². The molecule has 3 aromatic rings. The normalized spacial score (nSPS) is 29.7. The molecule has 2 fully saturated rings. The standard InChI is InChI=1S/C19H19N5O4/c20-17-14-18(22-9-21-17)24(10-23-14)19-16-15(12(8-25)26-19)27-13(28-16)7-6-11-4-2-1-3-5-11/h1-7,9-10,12-13,15-16,19,25H,8H2,(H2,20,21,22)/b7-6+/t12-,13?,15+,16?,19-/m1/s1. The minimum atomic E-state index is -0.545. The van der Waals surface area contributed by atoms with E-state index in [1.54, 1.807) is 10.9 Å². The summed E-state index contributed by atoms with van der Waals surface area (Å²) in [7, 11) is 0. The molecular weight excluding hydrogens is 362 g/mol. The van der Waals surface area contributed by atoms with E-state index in [2.05, 4.69) is 15.0 Å². The minimum absolute atomic E-state index is 0.181. The van der Waals surface area contributed by atoms with Gasteiger partial charge in [0, 0.05) is 0 Å². The number of nitrogens with zero attached hydrogens (tertiary/aromatic N) is 4. The zero-order valence-electron chi connectivity index (χ0n) is 14.8. The number of hydrogen-bond donors (Lipinski definition) is 2. The lowest BCUT2D eigenvalue weighted by Crippen LogP contribution is -2.30. The van der Waals surface area contributed by atoms with Crippen LogP contribution in [0.2, 0.25) is 0 Å². The number of aliphatic hydroxyl groups excluding tert-OH is 1. The number of ether oxygens (including phenoxy) is 3. The van der Waals surface area contributed by atoms with Crippen LogP contribution < -0.4 is 5.73 Å². The number of aliphatic hydroxyl groups is 1. The number of benzene rings is 1. The van der Waals surface area contributed by atoms with Gasteiger partial charge in [0.15, 0.2) is 24.0 Å². The smallest absolute Gasteiger partial charge is 0.178 e. The Bertz CT molecular complexity index is 1010. The Morgan fingerprint density at radius 1 is 1.07 bits per heavy atom. The molecule has 3 N–H and O–H groups in total. The van der Waals surface area contributed by atoms with Crippen LogP contribution >= 0.6 is 0 Å². The first-order valence-electron chi connectivity index (χ1n) is 8.98. The molecule has 2 aromatic heterocycles. The molecule has 5 rings (SSSR count). The van der Waals surface area contributed by atoms with Gasteiger partial charge in [-0.3, -0.25) is 4.57 Å². The Morgan fingerprint density at radius 3 is 2.71 bits per heavy atom. The first-order chi connectivity index (χ1) is 13.7. The molecule has 0 amide bonds. The first kappa shape index (κ1) is 17.3. The van der Waals surface area contributed by atoms with Crippen molar-refractivity contribution in [2.24, 2.45) is 0 Å². The van der Waals surface area contributed by atoms with Gasteiger partial charge < -0.3 is 25.1 Å². The first-order valence-corrected chi connectivity index (χ1v) is 8.98. The number of hydrogen-bond acceptors (Lipinski definition) is 8. The number of fused-ring (bicyclic) bond motifs is 2. The van der Waals surface area contributed by atoms with Crippen molar-refractivity contribution < 1.29 is 19.3 Å². The third-order valence-electron chi connectivity index (χ3n) is 4.95. The summed E-state index contributed by atoms with van der Waals surface area (Å²) in [5.41, 5.74) is 7.96. The van der Waals surface area contributed by atoms with Gasteiger partial charge in [0.1, 0.15) is 30.2 Å². The van der Waals surface area contributed by atoms with Crippen LogP contribution in [0.3, 0.4) is 0 Å². The van der Waals surface area contributed by atoms with Gasteiger partial charge in [0.05, 0.1) is 12.9 Å². The highest BCUT2D eigenvalue weighted by Gasteiger charge is 2.53. The quantitative estimate of drug-likeness (QED) is 0.690. The van der Waals surface area contributed by atoms with E-state index in [0.29, 0.717) is 17.0 Å². The van der Waals surface area contributed by atoms with Crippen molar-refractivity contribution in [3.8, 4) is 0 Å². The molecular formula is C19H19N5O4. The Kier molecular flexibility index (Phi) is 4.29. The zero-order valence-corrected chi connectivity index (χ0v) is 14.8. The largest absolute Gasteiger partial charge is 0.394 e. The molecule has 4 heterocycles. The third kappa shape index (κ3) is 2.85. The van der Waals surface area contributed by atoms with Crippen molar-refractivity contribution in [3.05, 3.63) is 54.6 Å². The fourth-order valence-electron chi connectivity index (χ4n) is 3.63. The fourth-order valence-corrected chi connectivity index (χ4v) is 3.63. The van der Waals surface area contributed by atoms with Crippen molar-refractivity contribution in [1.82, 2.24) is 19.5 Å². The predicted octanol–water partition coefficient (Wildman–Crippen LogP) is 1.12.